The van der Waals surface area contributed by atoms with Gasteiger partial charge in [0.15, 0.2) is 0 Å². The van der Waals surface area contributed by atoms with Crippen molar-refractivity contribution in [2.24, 2.45) is 0 Å². The number of nitrogen functional groups attached to an aromatic ring is 1. The van der Waals surface area contributed by atoms with Crippen molar-refractivity contribution in [2.45, 2.75) is 77.8 Å². The fourth-order valence-electron chi connectivity index (χ4n) is 3.17. The minimum Gasteiger partial charge on any atom is -0.399 e. The van der Waals surface area contributed by atoms with Gasteiger partial charge in [0.05, 0.1) is 9.80 Å². The number of hydrogen-bond acceptors (Lipinski definition) is 8. The fraction of sp³-hybridized carbons (Fsp3) is 0.480. The highest BCUT2D eigenvalue weighted by molar-refractivity contribution is 8.11. The van der Waals surface area contributed by atoms with E-state index in [2.05, 4.69) is 20.1 Å². The Morgan fingerprint density at radius 3 is 2.08 bits per heavy atom. The molecule has 0 spiro atoms. The number of rotatable bonds is 11. The molecule has 0 aromatic heterocycles. The van der Waals surface area contributed by atoms with Crippen LogP contribution in [0, 0.1) is 0 Å². The third-order valence-corrected chi connectivity index (χ3v) is 9.10. The van der Waals surface area contributed by atoms with Crippen molar-refractivity contribution in [3.8, 4) is 0 Å². The number of hydrogen-bond donors (Lipinski definition) is 5. The molecule has 0 heterocycles. The van der Waals surface area contributed by atoms with Crippen molar-refractivity contribution in [1.29, 1.82) is 0 Å². The van der Waals surface area contributed by atoms with Gasteiger partial charge in [0.25, 0.3) is 0 Å². The number of nitrogens with two attached hydrogens (primary N) is 1. The zero-order chi connectivity index (χ0) is 29.5. The number of benzene rings is 1. The van der Waals surface area contributed by atoms with Gasteiger partial charge in [-0.15, -0.1) is 0 Å². The van der Waals surface area contributed by atoms with Gasteiger partial charge in [-0.05, 0) is 71.6 Å². The summed E-state index contributed by atoms with van der Waals surface area (Å²) in [7, 11) is -6.12. The first-order valence-electron chi connectivity index (χ1n) is 11.9. The second-order valence-corrected chi connectivity index (χ2v) is 14.9. The van der Waals surface area contributed by atoms with E-state index in [0.29, 0.717) is 10.5 Å². The minimum absolute atomic E-state index is 0.0161. The molecule has 0 bridgehead atoms. The predicted molar refractivity (Wildman–Crippen MR) is 158 cm³/mol. The number of sulfonamides is 2. The topological polar surface area (TPSA) is 159 Å². The molecule has 0 fully saturated rings. The number of nitrogens with one attached hydrogen (secondary N) is 4. The summed E-state index contributed by atoms with van der Waals surface area (Å²) in [5, 5.41) is 7.11. The van der Waals surface area contributed by atoms with E-state index < -0.39 is 37.0 Å². The van der Waals surface area contributed by atoms with E-state index in [4.69, 9.17) is 5.73 Å². The highest BCUT2D eigenvalue weighted by atomic mass is 32.2. The van der Waals surface area contributed by atoms with Crippen LogP contribution < -0.4 is 25.8 Å². The van der Waals surface area contributed by atoms with E-state index in [1.54, 1.807) is 79.3 Å². The monoisotopic (exact) mass is 587 g/mol. The van der Waals surface area contributed by atoms with E-state index in [9.17, 15) is 21.6 Å². The lowest BCUT2D eigenvalue weighted by molar-refractivity contribution is -0.118. The molecular weight excluding hydrogens is 547 g/mol. The van der Waals surface area contributed by atoms with Crippen LogP contribution in [0.3, 0.4) is 0 Å². The first-order valence-corrected chi connectivity index (χ1v) is 15.8. The van der Waals surface area contributed by atoms with Gasteiger partial charge in [0.1, 0.15) is 0 Å². The van der Waals surface area contributed by atoms with Crippen LogP contribution in [0.5, 0.6) is 0 Å². The average Bonchev–Trinajstić information content (AvgIpc) is 2.70. The van der Waals surface area contributed by atoms with Crippen LogP contribution in [0.15, 0.2) is 51.4 Å². The summed E-state index contributed by atoms with van der Waals surface area (Å²) in [6, 6.07) is 4.57. The molecule has 0 unspecified atom stereocenters. The standard InChI is InChI=1S/C25H41N5O5S3/c1-10-20(37(32,33)29-24(3,4)5)14-19(28-17(2)31)16-36-22(15-27-9)21-12-11-18(26)13-23(21)38(34,35)30-25(6,7)8/h11-16,27,29-30H,10,26H2,1-9H3,(H,28,31)/b19-16+,20-14+,22-15-. The Bertz CT molecular complexity index is 1320. The summed E-state index contributed by atoms with van der Waals surface area (Å²) in [6.07, 6.45) is 3.18. The lowest BCUT2D eigenvalue weighted by atomic mass is 10.1. The van der Waals surface area contributed by atoms with Gasteiger partial charge in [-0.3, -0.25) is 4.79 Å². The summed E-state index contributed by atoms with van der Waals surface area (Å²) in [5.41, 5.74) is 5.38. The van der Waals surface area contributed by atoms with Gasteiger partial charge in [-0.25, -0.2) is 26.3 Å². The van der Waals surface area contributed by atoms with Crippen molar-refractivity contribution < 1.29 is 21.6 Å². The first kappa shape index (κ1) is 33.7. The van der Waals surface area contributed by atoms with Gasteiger partial charge in [-0.2, -0.15) is 0 Å². The second kappa shape index (κ2) is 13.2. The predicted octanol–water partition coefficient (Wildman–Crippen LogP) is 3.59. The minimum atomic E-state index is -3.95. The van der Waals surface area contributed by atoms with Gasteiger partial charge >= 0.3 is 0 Å². The molecule has 1 amide bonds. The van der Waals surface area contributed by atoms with E-state index in [1.807, 2.05) is 0 Å². The number of carbonyl (C=O) groups is 1. The van der Waals surface area contributed by atoms with Crippen LogP contribution in [-0.4, -0.2) is 40.9 Å². The molecule has 0 aliphatic heterocycles. The third-order valence-electron chi connectivity index (χ3n) is 4.36. The van der Waals surface area contributed by atoms with Crippen molar-refractivity contribution in [3.63, 3.8) is 0 Å². The fourth-order valence-corrected chi connectivity index (χ4v) is 7.38. The summed E-state index contributed by atoms with van der Waals surface area (Å²) in [6.45, 7) is 13.4. The molecule has 6 N–H and O–H groups in total. The summed E-state index contributed by atoms with van der Waals surface area (Å²) in [5.74, 6) is -0.394. The number of anilines is 1. The zero-order valence-electron chi connectivity index (χ0n) is 23.5. The third kappa shape index (κ3) is 11.2. The Kier molecular flexibility index (Phi) is 11.7. The molecule has 1 rings (SSSR count). The maximum Gasteiger partial charge on any atom is 0.241 e. The Morgan fingerprint density at radius 2 is 1.61 bits per heavy atom. The van der Waals surface area contributed by atoms with E-state index in [-0.39, 0.29) is 27.6 Å². The molecule has 13 heteroatoms. The molecule has 0 saturated heterocycles. The maximum absolute atomic E-state index is 13.2. The van der Waals surface area contributed by atoms with E-state index in [0.717, 1.165) is 11.8 Å². The molecule has 0 atom stereocenters. The highest BCUT2D eigenvalue weighted by Crippen LogP contribution is 2.35. The molecule has 0 aliphatic carbocycles. The zero-order valence-corrected chi connectivity index (χ0v) is 26.0. The molecule has 214 valence electrons. The van der Waals surface area contributed by atoms with Gasteiger partial charge < -0.3 is 16.4 Å². The van der Waals surface area contributed by atoms with Crippen LogP contribution in [0.2, 0.25) is 0 Å². The number of allylic oxidation sites excluding steroid dienone is 2. The van der Waals surface area contributed by atoms with E-state index in [1.165, 1.54) is 19.1 Å². The van der Waals surface area contributed by atoms with E-state index >= 15 is 0 Å². The summed E-state index contributed by atoms with van der Waals surface area (Å²) in [4.78, 5) is 12.5. The van der Waals surface area contributed by atoms with Crippen LogP contribution in [0.1, 0.15) is 67.4 Å². The normalized spacial score (nSPS) is 14.4. The molecule has 0 radical (unpaired) electrons. The van der Waals surface area contributed by atoms with Crippen LogP contribution >= 0.6 is 11.8 Å². The molecule has 1 aromatic rings. The lowest BCUT2D eigenvalue weighted by Crippen LogP contribution is -2.41. The molecule has 0 aliphatic rings. The molecule has 10 nitrogen and oxygen atoms in total. The van der Waals surface area contributed by atoms with Gasteiger partial charge in [-0.1, -0.05) is 24.8 Å². The smallest absolute Gasteiger partial charge is 0.241 e. The average molecular weight is 588 g/mol. The largest absolute Gasteiger partial charge is 0.399 e. The number of thioether (sulfide) groups is 1. The maximum atomic E-state index is 13.2. The number of carbonyl (C=O) groups excluding carboxylic acids is 1. The van der Waals surface area contributed by atoms with Gasteiger partial charge in [0, 0.05) is 53.1 Å². The van der Waals surface area contributed by atoms with Crippen molar-refractivity contribution in [2.75, 3.05) is 12.8 Å². The Labute approximate surface area is 232 Å². The van der Waals surface area contributed by atoms with Crippen molar-refractivity contribution in [3.05, 3.63) is 52.0 Å². The van der Waals surface area contributed by atoms with Crippen LogP contribution in [0.4, 0.5) is 5.69 Å². The Morgan fingerprint density at radius 1 is 1.03 bits per heavy atom. The first-order chi connectivity index (χ1) is 17.2. The summed E-state index contributed by atoms with van der Waals surface area (Å²) >= 11 is 1.11. The highest BCUT2D eigenvalue weighted by Gasteiger charge is 2.27. The van der Waals surface area contributed by atoms with Gasteiger partial charge in [0.2, 0.25) is 26.0 Å². The second-order valence-electron chi connectivity index (χ2n) is 10.6. The van der Waals surface area contributed by atoms with Crippen molar-refractivity contribution in [1.82, 2.24) is 20.1 Å². The molecule has 38 heavy (non-hydrogen) atoms. The SMILES string of the molecule is CC/C(=C\C(=C/S/C(=C\NC)c1ccc(N)cc1S(=O)(=O)NC(C)(C)C)NC(C)=O)S(=O)(=O)NC(C)(C)C. The molecular formula is C25H41N5O5S3. The number of amides is 1. The Hall–Kier alpha value is -2.32. The quantitative estimate of drug-likeness (QED) is 0.194. The van der Waals surface area contributed by atoms with Crippen molar-refractivity contribution >= 4 is 48.3 Å². The lowest BCUT2D eigenvalue weighted by Gasteiger charge is -2.22. The molecule has 1 aromatic carbocycles. The summed E-state index contributed by atoms with van der Waals surface area (Å²) < 4.78 is 57.6. The van der Waals surface area contributed by atoms with Crippen LogP contribution in [-0.2, 0) is 24.8 Å². The molecule has 0 saturated carbocycles. The van der Waals surface area contributed by atoms with Crippen LogP contribution in [0.25, 0.3) is 4.91 Å². The Balaban J connectivity index is 3.66.